The van der Waals surface area contributed by atoms with Gasteiger partial charge in [-0.05, 0) is 50.1 Å². The van der Waals surface area contributed by atoms with Gasteiger partial charge >= 0.3 is 0 Å². The molecule has 7 heteroatoms. The van der Waals surface area contributed by atoms with E-state index in [9.17, 15) is 12.8 Å². The predicted molar refractivity (Wildman–Crippen MR) is 107 cm³/mol. The number of nitrogens with zero attached hydrogens (tertiary/aromatic N) is 2. The fourth-order valence-electron chi connectivity index (χ4n) is 2.41. The number of sulfone groups is 1. The summed E-state index contributed by atoms with van der Waals surface area (Å²) in [7, 11) is -3.34. The molecule has 0 atom stereocenters. The lowest BCUT2D eigenvalue weighted by atomic mass is 10.1. The molecule has 0 aliphatic carbocycles. The van der Waals surface area contributed by atoms with Gasteiger partial charge in [0.25, 0.3) is 0 Å². The Morgan fingerprint density at radius 3 is 2.43 bits per heavy atom. The van der Waals surface area contributed by atoms with Crippen molar-refractivity contribution in [2.75, 3.05) is 5.73 Å². The maximum atomic E-state index is 13.3. The third-order valence-corrected chi connectivity index (χ3v) is 6.22. The minimum atomic E-state index is -3.34. The minimum absolute atomic E-state index is 0.159. The molecule has 0 amide bonds. The van der Waals surface area contributed by atoms with E-state index >= 15 is 0 Å². The van der Waals surface area contributed by atoms with E-state index in [0.717, 1.165) is 0 Å². The van der Waals surface area contributed by atoms with E-state index in [2.05, 4.69) is 21.8 Å². The van der Waals surface area contributed by atoms with Crippen LogP contribution in [-0.4, -0.2) is 23.6 Å². The van der Waals surface area contributed by atoms with Crippen LogP contribution in [0.3, 0.4) is 0 Å². The maximum absolute atomic E-state index is 13.3. The van der Waals surface area contributed by atoms with Crippen molar-refractivity contribution in [3.8, 4) is 23.1 Å². The smallest absolute Gasteiger partial charge is 0.180 e. The van der Waals surface area contributed by atoms with Gasteiger partial charge in [-0.15, -0.1) is 0 Å². The number of rotatable bonds is 3. The molecule has 2 aromatic carbocycles. The molecular formula is C21H18FN3O2S. The quantitative estimate of drug-likeness (QED) is 0.687. The summed E-state index contributed by atoms with van der Waals surface area (Å²) in [6, 6.07) is 12.3. The maximum Gasteiger partial charge on any atom is 0.180 e. The van der Waals surface area contributed by atoms with Gasteiger partial charge in [-0.25, -0.2) is 22.8 Å². The summed E-state index contributed by atoms with van der Waals surface area (Å²) in [5.41, 5.74) is 7.80. The molecular weight excluding hydrogens is 377 g/mol. The standard InChI is InChI=1S/C21H18FN3O2S/c1-14(2)28(26,27)18-9-7-16(8-10-18)20-13-24-21(23)19(25-20)11-6-15-4-3-5-17(22)12-15/h3-5,7-10,12-14H,1-2H3,(H2,23,24). The SMILES string of the molecule is CC(C)S(=O)(=O)c1ccc(-c2cnc(N)c(C#Cc3cccc(F)c3)n2)cc1. The Morgan fingerprint density at radius 1 is 1.07 bits per heavy atom. The van der Waals surface area contributed by atoms with E-state index in [1.165, 1.54) is 18.3 Å². The average Bonchev–Trinajstić information content (AvgIpc) is 2.67. The zero-order chi connectivity index (χ0) is 20.3. The van der Waals surface area contributed by atoms with Crippen molar-refractivity contribution in [1.29, 1.82) is 0 Å². The van der Waals surface area contributed by atoms with E-state index in [4.69, 9.17) is 5.73 Å². The van der Waals surface area contributed by atoms with Gasteiger partial charge in [0.1, 0.15) is 5.82 Å². The van der Waals surface area contributed by atoms with Crippen molar-refractivity contribution < 1.29 is 12.8 Å². The van der Waals surface area contributed by atoms with Gasteiger partial charge in [0.15, 0.2) is 21.3 Å². The predicted octanol–water partition coefficient (Wildman–Crippen LogP) is 3.45. The van der Waals surface area contributed by atoms with Crippen LogP contribution in [-0.2, 0) is 9.84 Å². The third-order valence-electron chi connectivity index (χ3n) is 4.05. The topological polar surface area (TPSA) is 85.9 Å². The Labute approximate surface area is 163 Å². The fraction of sp³-hybridized carbons (Fsp3) is 0.143. The average molecular weight is 395 g/mol. The van der Waals surface area contributed by atoms with E-state index in [1.54, 1.807) is 50.2 Å². The van der Waals surface area contributed by atoms with Crippen LogP contribution in [0.4, 0.5) is 10.2 Å². The number of anilines is 1. The second-order valence-electron chi connectivity index (χ2n) is 6.37. The Hall–Kier alpha value is -3.24. The van der Waals surface area contributed by atoms with Gasteiger partial charge in [0.05, 0.1) is 22.0 Å². The van der Waals surface area contributed by atoms with E-state index in [1.807, 2.05) is 0 Å². The molecule has 0 aliphatic heterocycles. The lowest BCUT2D eigenvalue weighted by molar-refractivity contribution is 0.587. The molecule has 0 saturated carbocycles. The normalized spacial score (nSPS) is 11.1. The monoisotopic (exact) mass is 395 g/mol. The lowest BCUT2D eigenvalue weighted by Crippen LogP contribution is -2.13. The van der Waals surface area contributed by atoms with Gasteiger partial charge in [-0.2, -0.15) is 0 Å². The van der Waals surface area contributed by atoms with Crippen molar-refractivity contribution in [1.82, 2.24) is 9.97 Å². The number of nitrogens with two attached hydrogens (primary N) is 1. The summed E-state index contributed by atoms with van der Waals surface area (Å²) in [6.45, 7) is 3.27. The van der Waals surface area contributed by atoms with Crippen LogP contribution in [0, 0.1) is 17.7 Å². The van der Waals surface area contributed by atoms with E-state index in [-0.39, 0.29) is 22.2 Å². The van der Waals surface area contributed by atoms with Gasteiger partial charge in [-0.3, -0.25) is 0 Å². The molecule has 28 heavy (non-hydrogen) atoms. The molecule has 3 rings (SSSR count). The van der Waals surface area contributed by atoms with Crippen LogP contribution in [0.1, 0.15) is 25.1 Å². The summed E-state index contributed by atoms with van der Waals surface area (Å²) in [5, 5.41) is -0.501. The molecule has 0 bridgehead atoms. The molecule has 2 N–H and O–H groups in total. The Kier molecular flexibility index (Phi) is 5.43. The van der Waals surface area contributed by atoms with Crippen molar-refractivity contribution in [3.63, 3.8) is 0 Å². The summed E-state index contributed by atoms with van der Waals surface area (Å²) < 4.78 is 37.7. The molecule has 5 nitrogen and oxygen atoms in total. The highest BCUT2D eigenvalue weighted by atomic mass is 32.2. The zero-order valence-corrected chi connectivity index (χ0v) is 16.2. The first kappa shape index (κ1) is 19.5. The number of nitrogen functional groups attached to an aromatic ring is 1. The van der Waals surface area contributed by atoms with Crippen LogP contribution in [0.25, 0.3) is 11.3 Å². The number of aromatic nitrogens is 2. The lowest BCUT2D eigenvalue weighted by Gasteiger charge is -2.08. The summed E-state index contributed by atoms with van der Waals surface area (Å²) >= 11 is 0. The number of hydrogen-bond acceptors (Lipinski definition) is 5. The summed E-state index contributed by atoms with van der Waals surface area (Å²) in [5.74, 6) is 5.40. The van der Waals surface area contributed by atoms with Crippen molar-refractivity contribution in [3.05, 3.63) is 71.8 Å². The second kappa shape index (κ2) is 7.79. The number of hydrogen-bond donors (Lipinski definition) is 1. The van der Waals surface area contributed by atoms with Crippen molar-refractivity contribution >= 4 is 15.7 Å². The molecule has 0 aliphatic rings. The Morgan fingerprint density at radius 2 is 1.79 bits per heavy atom. The van der Waals surface area contributed by atoms with Crippen LogP contribution >= 0.6 is 0 Å². The van der Waals surface area contributed by atoms with Gasteiger partial charge < -0.3 is 5.73 Å². The molecule has 142 valence electrons. The highest BCUT2D eigenvalue weighted by Crippen LogP contribution is 2.22. The van der Waals surface area contributed by atoms with Crippen LogP contribution in [0.2, 0.25) is 0 Å². The molecule has 0 saturated heterocycles. The number of halogens is 1. The van der Waals surface area contributed by atoms with Gasteiger partial charge in [0.2, 0.25) is 0 Å². The first-order valence-electron chi connectivity index (χ1n) is 8.52. The van der Waals surface area contributed by atoms with Crippen LogP contribution in [0.15, 0.2) is 59.6 Å². The largest absolute Gasteiger partial charge is 0.381 e. The Balaban J connectivity index is 1.94. The number of benzene rings is 2. The molecule has 0 unspecified atom stereocenters. The molecule has 0 spiro atoms. The fourth-order valence-corrected chi connectivity index (χ4v) is 3.47. The minimum Gasteiger partial charge on any atom is -0.381 e. The van der Waals surface area contributed by atoms with Crippen molar-refractivity contribution in [2.24, 2.45) is 0 Å². The molecule has 1 heterocycles. The second-order valence-corrected chi connectivity index (χ2v) is 8.87. The van der Waals surface area contributed by atoms with E-state index in [0.29, 0.717) is 16.8 Å². The molecule has 0 radical (unpaired) electrons. The first-order chi connectivity index (χ1) is 13.3. The van der Waals surface area contributed by atoms with Gasteiger partial charge in [-0.1, -0.05) is 24.1 Å². The zero-order valence-electron chi connectivity index (χ0n) is 15.3. The molecule has 3 aromatic rings. The Bertz CT molecular complexity index is 1180. The van der Waals surface area contributed by atoms with Crippen LogP contribution in [0.5, 0.6) is 0 Å². The van der Waals surface area contributed by atoms with Crippen LogP contribution < -0.4 is 5.73 Å². The first-order valence-corrected chi connectivity index (χ1v) is 10.1. The highest BCUT2D eigenvalue weighted by Gasteiger charge is 2.19. The van der Waals surface area contributed by atoms with Crippen molar-refractivity contribution in [2.45, 2.75) is 24.0 Å². The molecule has 1 aromatic heterocycles. The van der Waals surface area contributed by atoms with E-state index < -0.39 is 15.1 Å². The summed E-state index contributed by atoms with van der Waals surface area (Å²) in [6.07, 6.45) is 1.49. The van der Waals surface area contributed by atoms with Gasteiger partial charge in [0, 0.05) is 11.1 Å². The third kappa shape index (κ3) is 4.18. The summed E-state index contributed by atoms with van der Waals surface area (Å²) in [4.78, 5) is 8.76. The highest BCUT2D eigenvalue weighted by molar-refractivity contribution is 7.92. The molecule has 0 fully saturated rings.